The SMILES string of the molecule is O=C(Cn1c2ccccc2c(=O)c2ccccc21)OCC1CC1(Cl)Cl. The molecule has 25 heavy (non-hydrogen) atoms. The summed E-state index contributed by atoms with van der Waals surface area (Å²) in [5.41, 5.74) is 1.38. The fraction of sp³-hybridized carbons (Fsp3) is 0.263. The second-order valence-corrected chi connectivity index (χ2v) is 7.84. The van der Waals surface area contributed by atoms with Crippen molar-refractivity contribution < 1.29 is 9.53 Å². The number of rotatable bonds is 4. The number of fused-ring (bicyclic) bond motifs is 2. The lowest BCUT2D eigenvalue weighted by atomic mass is 10.1. The number of hydrogen-bond donors (Lipinski definition) is 0. The smallest absolute Gasteiger partial charge is 0.325 e. The Kier molecular flexibility index (Phi) is 3.97. The fourth-order valence-corrected chi connectivity index (χ4v) is 3.56. The van der Waals surface area contributed by atoms with Crippen LogP contribution in [0.2, 0.25) is 0 Å². The first-order chi connectivity index (χ1) is 12.0. The number of pyridine rings is 1. The molecule has 2 aromatic carbocycles. The van der Waals surface area contributed by atoms with Crippen LogP contribution >= 0.6 is 23.2 Å². The number of nitrogens with zero attached hydrogens (tertiary/aromatic N) is 1. The second kappa shape index (κ2) is 6.04. The summed E-state index contributed by atoms with van der Waals surface area (Å²) in [6.07, 6.45) is 0.632. The molecule has 1 saturated carbocycles. The van der Waals surface area contributed by atoms with Gasteiger partial charge in [0.05, 0.1) is 17.6 Å². The van der Waals surface area contributed by atoms with Crippen molar-refractivity contribution in [3.63, 3.8) is 0 Å². The Labute approximate surface area is 153 Å². The van der Waals surface area contributed by atoms with Gasteiger partial charge < -0.3 is 9.30 Å². The number of ether oxygens (including phenoxy) is 1. The lowest BCUT2D eigenvalue weighted by Crippen LogP contribution is -2.19. The van der Waals surface area contributed by atoms with Crippen LogP contribution < -0.4 is 5.43 Å². The summed E-state index contributed by atoms with van der Waals surface area (Å²) in [6, 6.07) is 14.5. The predicted molar refractivity (Wildman–Crippen MR) is 99.2 cm³/mol. The highest BCUT2D eigenvalue weighted by atomic mass is 35.5. The Balaban J connectivity index is 1.71. The van der Waals surface area contributed by atoms with Gasteiger partial charge in [-0.05, 0) is 30.7 Å². The Hall–Kier alpha value is -2.04. The molecule has 0 aliphatic heterocycles. The highest BCUT2D eigenvalue weighted by Gasteiger charge is 2.52. The van der Waals surface area contributed by atoms with Crippen molar-refractivity contribution in [3.8, 4) is 0 Å². The van der Waals surface area contributed by atoms with Crippen LogP contribution in [0, 0.1) is 5.92 Å². The van der Waals surface area contributed by atoms with Crippen LogP contribution in [-0.2, 0) is 16.1 Å². The summed E-state index contributed by atoms with van der Waals surface area (Å²) in [5.74, 6) is -0.391. The van der Waals surface area contributed by atoms with Gasteiger partial charge in [-0.3, -0.25) is 9.59 Å². The summed E-state index contributed by atoms with van der Waals surface area (Å²) in [7, 11) is 0. The van der Waals surface area contributed by atoms with Gasteiger partial charge in [0.15, 0.2) is 5.43 Å². The minimum atomic E-state index is -0.767. The molecule has 128 valence electrons. The van der Waals surface area contributed by atoms with E-state index in [1.807, 2.05) is 41.0 Å². The molecule has 0 radical (unpaired) electrons. The van der Waals surface area contributed by atoms with Crippen molar-refractivity contribution in [3.05, 3.63) is 58.8 Å². The zero-order valence-corrected chi connectivity index (χ0v) is 14.8. The van der Waals surface area contributed by atoms with Crippen molar-refractivity contribution in [2.45, 2.75) is 17.3 Å². The lowest BCUT2D eigenvalue weighted by molar-refractivity contribution is -0.144. The molecule has 1 aliphatic carbocycles. The van der Waals surface area contributed by atoms with Gasteiger partial charge >= 0.3 is 5.97 Å². The normalized spacial score (nSPS) is 18.4. The Morgan fingerprint density at radius 2 is 1.60 bits per heavy atom. The first kappa shape index (κ1) is 16.4. The van der Waals surface area contributed by atoms with E-state index in [4.69, 9.17) is 27.9 Å². The molecule has 1 heterocycles. The molecule has 1 aromatic heterocycles. The standard InChI is InChI=1S/C19H15Cl2NO3/c20-19(21)9-12(19)11-25-17(23)10-22-15-7-3-1-5-13(15)18(24)14-6-2-4-8-16(14)22/h1-8,12H,9-11H2. The van der Waals surface area contributed by atoms with Crippen molar-refractivity contribution in [1.29, 1.82) is 0 Å². The molecule has 4 rings (SSSR count). The number of aromatic nitrogens is 1. The third-order valence-corrected chi connectivity index (χ3v) is 5.49. The third-order valence-electron chi connectivity index (χ3n) is 4.57. The average molecular weight is 376 g/mol. The van der Waals surface area contributed by atoms with Crippen LogP contribution in [0.15, 0.2) is 53.3 Å². The Morgan fingerprint density at radius 3 is 2.12 bits per heavy atom. The predicted octanol–water partition coefficient (Wildman–Crippen LogP) is 3.89. The van der Waals surface area contributed by atoms with Crippen LogP contribution in [0.1, 0.15) is 6.42 Å². The van der Waals surface area contributed by atoms with Crippen LogP contribution in [0.5, 0.6) is 0 Å². The number of hydrogen-bond acceptors (Lipinski definition) is 3. The summed E-state index contributed by atoms with van der Waals surface area (Å²) >= 11 is 11.9. The maximum Gasteiger partial charge on any atom is 0.325 e. The molecule has 3 aromatic rings. The molecule has 0 N–H and O–H groups in total. The molecule has 1 aliphatic rings. The molecule has 6 heteroatoms. The summed E-state index contributed by atoms with van der Waals surface area (Å²) < 4.78 is 6.38. The van der Waals surface area contributed by atoms with Gasteiger partial charge in [-0.15, -0.1) is 23.2 Å². The zero-order chi connectivity index (χ0) is 17.6. The molecule has 0 spiro atoms. The largest absolute Gasteiger partial charge is 0.464 e. The Morgan fingerprint density at radius 1 is 1.08 bits per heavy atom. The molecule has 0 saturated heterocycles. The molecular formula is C19H15Cl2NO3. The minimum Gasteiger partial charge on any atom is -0.464 e. The molecule has 1 unspecified atom stereocenters. The van der Waals surface area contributed by atoms with E-state index >= 15 is 0 Å². The number of halogens is 2. The van der Waals surface area contributed by atoms with Crippen molar-refractivity contribution in [2.75, 3.05) is 6.61 Å². The van der Waals surface area contributed by atoms with Crippen LogP contribution in [-0.4, -0.2) is 21.5 Å². The van der Waals surface area contributed by atoms with Gasteiger partial charge in [0, 0.05) is 16.7 Å². The van der Waals surface area contributed by atoms with Gasteiger partial charge in [-0.1, -0.05) is 24.3 Å². The van der Waals surface area contributed by atoms with Crippen molar-refractivity contribution in [2.24, 2.45) is 5.92 Å². The first-order valence-electron chi connectivity index (χ1n) is 8.01. The highest BCUT2D eigenvalue weighted by Crippen LogP contribution is 2.53. The van der Waals surface area contributed by atoms with E-state index in [9.17, 15) is 9.59 Å². The van der Waals surface area contributed by atoms with E-state index in [-0.39, 0.29) is 30.5 Å². The first-order valence-corrected chi connectivity index (χ1v) is 8.77. The van der Waals surface area contributed by atoms with E-state index in [1.54, 1.807) is 12.1 Å². The summed E-state index contributed by atoms with van der Waals surface area (Å²) in [6.45, 7) is 0.230. The molecule has 0 bridgehead atoms. The molecular weight excluding hydrogens is 361 g/mol. The van der Waals surface area contributed by atoms with E-state index in [0.717, 1.165) is 0 Å². The van der Waals surface area contributed by atoms with E-state index < -0.39 is 4.33 Å². The minimum absolute atomic E-state index is 0.0118. The third kappa shape index (κ3) is 3.00. The van der Waals surface area contributed by atoms with E-state index in [0.29, 0.717) is 28.2 Å². The average Bonchev–Trinajstić information content (AvgIpc) is 3.23. The number of esters is 1. The van der Waals surface area contributed by atoms with E-state index in [2.05, 4.69) is 0 Å². The number of carbonyl (C=O) groups is 1. The summed E-state index contributed by atoms with van der Waals surface area (Å²) in [4.78, 5) is 25.0. The molecule has 4 nitrogen and oxygen atoms in total. The van der Waals surface area contributed by atoms with Crippen molar-refractivity contribution >= 4 is 51.0 Å². The topological polar surface area (TPSA) is 48.3 Å². The number of para-hydroxylation sites is 2. The second-order valence-electron chi connectivity index (χ2n) is 6.29. The molecule has 0 amide bonds. The van der Waals surface area contributed by atoms with Gasteiger partial charge in [0.25, 0.3) is 0 Å². The monoisotopic (exact) mass is 375 g/mol. The van der Waals surface area contributed by atoms with Crippen LogP contribution in [0.3, 0.4) is 0 Å². The quantitative estimate of drug-likeness (QED) is 0.394. The molecule has 1 fully saturated rings. The lowest BCUT2D eigenvalue weighted by Gasteiger charge is -2.14. The van der Waals surface area contributed by atoms with Crippen molar-refractivity contribution in [1.82, 2.24) is 4.57 Å². The number of carbonyl (C=O) groups excluding carboxylic acids is 1. The molecule has 1 atom stereocenters. The van der Waals surface area contributed by atoms with Gasteiger partial charge in [-0.25, -0.2) is 0 Å². The fourth-order valence-electron chi connectivity index (χ4n) is 3.07. The highest BCUT2D eigenvalue weighted by molar-refractivity contribution is 6.50. The van der Waals surface area contributed by atoms with Gasteiger partial charge in [0.1, 0.15) is 10.9 Å². The maximum atomic E-state index is 12.7. The van der Waals surface area contributed by atoms with Gasteiger partial charge in [-0.2, -0.15) is 0 Å². The van der Waals surface area contributed by atoms with Crippen LogP contribution in [0.4, 0.5) is 0 Å². The summed E-state index contributed by atoms with van der Waals surface area (Å²) in [5, 5.41) is 1.16. The van der Waals surface area contributed by atoms with Crippen LogP contribution in [0.25, 0.3) is 21.8 Å². The number of alkyl halides is 2. The Bertz CT molecular complexity index is 982. The van der Waals surface area contributed by atoms with Gasteiger partial charge in [0.2, 0.25) is 0 Å². The van der Waals surface area contributed by atoms with E-state index in [1.165, 1.54) is 0 Å². The zero-order valence-electron chi connectivity index (χ0n) is 13.2. The number of benzene rings is 2. The maximum absolute atomic E-state index is 12.7.